The number of rotatable bonds is 13. The predicted octanol–water partition coefficient (Wildman–Crippen LogP) is 6.46. The van der Waals surface area contributed by atoms with Crippen molar-refractivity contribution in [3.63, 3.8) is 0 Å². The van der Waals surface area contributed by atoms with Crippen molar-refractivity contribution >= 4 is 0 Å². The maximum absolute atomic E-state index is 3.87. The molecule has 0 aromatic rings. The van der Waals surface area contributed by atoms with Gasteiger partial charge in [-0.25, -0.2) is 0 Å². The van der Waals surface area contributed by atoms with Crippen molar-refractivity contribution in [2.24, 2.45) is 0 Å². The summed E-state index contributed by atoms with van der Waals surface area (Å²) in [4.78, 5) is 0. The van der Waals surface area contributed by atoms with Crippen LogP contribution in [0.25, 0.3) is 0 Å². The fraction of sp³-hybridized carbons (Fsp3) is 0.938. The number of hydrogen-bond acceptors (Lipinski definition) is 1. The molecule has 17 heavy (non-hydrogen) atoms. The third kappa shape index (κ3) is 18.5. The summed E-state index contributed by atoms with van der Waals surface area (Å²) in [7, 11) is 0. The zero-order valence-corrected chi connectivity index (χ0v) is 12.3. The molecule has 105 valence electrons. The minimum absolute atomic E-state index is 0. The van der Waals surface area contributed by atoms with E-state index in [0.29, 0.717) is 0 Å². The van der Waals surface area contributed by atoms with E-state index >= 15 is 0 Å². The zero-order chi connectivity index (χ0) is 11.9. The molecule has 3 N–H and O–H groups in total. The molecular weight excluding hydrogens is 206 g/mol. The quantitative estimate of drug-likeness (QED) is 0.369. The maximum Gasteiger partial charge on any atom is -0.0533 e. The maximum atomic E-state index is 3.87. The molecule has 1 radical (unpaired) electrons. The van der Waals surface area contributed by atoms with Gasteiger partial charge in [-0.1, -0.05) is 104 Å². The zero-order valence-electron chi connectivity index (χ0n) is 12.3. The van der Waals surface area contributed by atoms with Crippen LogP contribution in [0, 0.1) is 6.92 Å². The van der Waals surface area contributed by atoms with Gasteiger partial charge >= 0.3 is 0 Å². The standard InChI is InChI=1S/C16H33.H3N/c1-3-5-7-9-11-13-15-16-14-12-10-8-6-4-2;/h1,3-16H2,2H3;1H3. The Kier molecular flexibility index (Phi) is 20.8. The lowest BCUT2D eigenvalue weighted by Gasteiger charge is -2.02. The molecule has 0 aromatic heterocycles. The second kappa shape index (κ2) is 18.3. The van der Waals surface area contributed by atoms with Crippen LogP contribution in [0.5, 0.6) is 0 Å². The van der Waals surface area contributed by atoms with Gasteiger partial charge in [0.25, 0.3) is 0 Å². The molecule has 0 aliphatic heterocycles. The Morgan fingerprint density at radius 1 is 0.529 bits per heavy atom. The Balaban J connectivity index is 0. The largest absolute Gasteiger partial charge is 0.344 e. The van der Waals surface area contributed by atoms with Crippen LogP contribution in [0.1, 0.15) is 96.8 Å². The molecule has 1 heteroatoms. The predicted molar refractivity (Wildman–Crippen MR) is 80.7 cm³/mol. The molecule has 0 rings (SSSR count). The van der Waals surface area contributed by atoms with E-state index in [-0.39, 0.29) is 6.15 Å². The normalized spacial score (nSPS) is 10.2. The van der Waals surface area contributed by atoms with E-state index < -0.39 is 0 Å². The molecule has 0 fully saturated rings. The van der Waals surface area contributed by atoms with Gasteiger partial charge in [0.2, 0.25) is 0 Å². The highest BCUT2D eigenvalue weighted by atomic mass is 14.0. The SMILES string of the molecule is N.[CH2]CCCCCCCCCCCCCCC. The summed E-state index contributed by atoms with van der Waals surface area (Å²) in [6.45, 7) is 6.16. The molecule has 0 aromatic carbocycles. The van der Waals surface area contributed by atoms with Crippen LogP contribution < -0.4 is 6.15 Å². The topological polar surface area (TPSA) is 35.0 Å². The summed E-state index contributed by atoms with van der Waals surface area (Å²) in [5.41, 5.74) is 0. The third-order valence-corrected chi connectivity index (χ3v) is 3.35. The van der Waals surface area contributed by atoms with Crippen molar-refractivity contribution in [1.29, 1.82) is 0 Å². The molecule has 0 aliphatic carbocycles. The average molecular weight is 242 g/mol. The summed E-state index contributed by atoms with van der Waals surface area (Å²) in [5.74, 6) is 0. The van der Waals surface area contributed by atoms with Gasteiger partial charge in [-0.05, 0) is 0 Å². The summed E-state index contributed by atoms with van der Waals surface area (Å²) in [5, 5.41) is 0. The van der Waals surface area contributed by atoms with E-state index in [2.05, 4.69) is 13.8 Å². The average Bonchev–Trinajstić information content (AvgIpc) is 2.31. The molecule has 0 bridgehead atoms. The lowest BCUT2D eigenvalue weighted by atomic mass is 10.0. The van der Waals surface area contributed by atoms with Gasteiger partial charge in [0.05, 0.1) is 0 Å². The summed E-state index contributed by atoms with van der Waals surface area (Å²) in [6, 6.07) is 0. The van der Waals surface area contributed by atoms with Crippen molar-refractivity contribution in [3.8, 4) is 0 Å². The van der Waals surface area contributed by atoms with Gasteiger partial charge in [-0.15, -0.1) is 0 Å². The molecule has 0 atom stereocenters. The molecule has 0 amide bonds. The van der Waals surface area contributed by atoms with Crippen LogP contribution in [0.2, 0.25) is 0 Å². The molecule has 0 spiro atoms. The Labute approximate surface area is 110 Å². The molecule has 0 heterocycles. The highest BCUT2D eigenvalue weighted by Crippen LogP contribution is 2.12. The highest BCUT2D eigenvalue weighted by molar-refractivity contribution is 4.49. The van der Waals surface area contributed by atoms with Crippen LogP contribution in [0.3, 0.4) is 0 Å². The van der Waals surface area contributed by atoms with Gasteiger partial charge in [0.15, 0.2) is 0 Å². The lowest BCUT2D eigenvalue weighted by Crippen LogP contribution is -1.82. The molecule has 0 aliphatic rings. The van der Waals surface area contributed by atoms with Gasteiger partial charge in [0, 0.05) is 0 Å². The number of hydrogen-bond donors (Lipinski definition) is 1. The van der Waals surface area contributed by atoms with Gasteiger partial charge in [0.1, 0.15) is 0 Å². The Bertz CT molecular complexity index is 98.1. The summed E-state index contributed by atoms with van der Waals surface area (Å²) in [6.07, 6.45) is 19.8. The Morgan fingerprint density at radius 2 is 0.824 bits per heavy atom. The summed E-state index contributed by atoms with van der Waals surface area (Å²) >= 11 is 0. The van der Waals surface area contributed by atoms with Gasteiger partial charge < -0.3 is 6.15 Å². The fourth-order valence-electron chi connectivity index (χ4n) is 2.19. The van der Waals surface area contributed by atoms with E-state index in [1.54, 1.807) is 0 Å². The molecular formula is C16H36N. The summed E-state index contributed by atoms with van der Waals surface area (Å²) < 4.78 is 0. The van der Waals surface area contributed by atoms with E-state index in [4.69, 9.17) is 0 Å². The smallest absolute Gasteiger partial charge is 0.0533 e. The van der Waals surface area contributed by atoms with Crippen molar-refractivity contribution in [2.45, 2.75) is 96.8 Å². The monoisotopic (exact) mass is 242 g/mol. The Hall–Kier alpha value is -0.0400. The first-order valence-electron chi connectivity index (χ1n) is 7.71. The molecule has 0 unspecified atom stereocenters. The molecule has 0 saturated heterocycles. The van der Waals surface area contributed by atoms with E-state index in [9.17, 15) is 0 Å². The van der Waals surface area contributed by atoms with E-state index in [1.165, 1.54) is 83.5 Å². The van der Waals surface area contributed by atoms with Crippen LogP contribution in [-0.4, -0.2) is 0 Å². The van der Waals surface area contributed by atoms with E-state index in [0.717, 1.165) is 6.42 Å². The van der Waals surface area contributed by atoms with Crippen molar-refractivity contribution in [3.05, 3.63) is 6.92 Å². The minimum Gasteiger partial charge on any atom is -0.344 e. The lowest BCUT2D eigenvalue weighted by molar-refractivity contribution is 0.540. The second-order valence-electron chi connectivity index (χ2n) is 5.10. The minimum atomic E-state index is 0. The molecule has 0 saturated carbocycles. The number of unbranched alkanes of at least 4 members (excludes halogenated alkanes) is 13. The van der Waals surface area contributed by atoms with Crippen LogP contribution in [-0.2, 0) is 0 Å². The van der Waals surface area contributed by atoms with Crippen LogP contribution >= 0.6 is 0 Å². The molecule has 1 nitrogen and oxygen atoms in total. The third-order valence-electron chi connectivity index (χ3n) is 3.35. The first-order valence-corrected chi connectivity index (χ1v) is 7.71. The van der Waals surface area contributed by atoms with Gasteiger partial charge in [-0.2, -0.15) is 0 Å². The highest BCUT2D eigenvalue weighted by Gasteiger charge is 1.92. The van der Waals surface area contributed by atoms with Crippen molar-refractivity contribution < 1.29 is 0 Å². The van der Waals surface area contributed by atoms with Crippen molar-refractivity contribution in [2.75, 3.05) is 0 Å². The van der Waals surface area contributed by atoms with Gasteiger partial charge in [-0.3, -0.25) is 0 Å². The fourth-order valence-corrected chi connectivity index (χ4v) is 2.19. The Morgan fingerprint density at radius 3 is 1.12 bits per heavy atom. The van der Waals surface area contributed by atoms with Crippen molar-refractivity contribution in [1.82, 2.24) is 6.15 Å². The second-order valence-corrected chi connectivity index (χ2v) is 5.10. The van der Waals surface area contributed by atoms with E-state index in [1.807, 2.05) is 0 Å². The van der Waals surface area contributed by atoms with Crippen LogP contribution in [0.4, 0.5) is 0 Å². The first kappa shape index (κ1) is 19.3. The first-order chi connectivity index (χ1) is 7.91. The van der Waals surface area contributed by atoms with Crippen LogP contribution in [0.15, 0.2) is 0 Å².